The maximum absolute atomic E-state index is 12.7. The second-order valence-corrected chi connectivity index (χ2v) is 16.1. The molecule has 308 valence electrons. The second-order valence-electron chi connectivity index (χ2n) is 14.6. The van der Waals surface area contributed by atoms with E-state index in [1.807, 2.05) is 21.1 Å². The van der Waals surface area contributed by atoms with Crippen LogP contribution in [0.2, 0.25) is 0 Å². The molecule has 1 amide bonds. The minimum atomic E-state index is -4.30. The van der Waals surface area contributed by atoms with Crippen molar-refractivity contribution in [2.24, 2.45) is 0 Å². The summed E-state index contributed by atoms with van der Waals surface area (Å²) in [6, 6.07) is -0.776. The molecule has 9 heteroatoms. The van der Waals surface area contributed by atoms with Crippen molar-refractivity contribution in [3.05, 3.63) is 97.2 Å². The quantitative estimate of drug-likeness (QED) is 0.0256. The Morgan fingerprint density at radius 2 is 1.11 bits per heavy atom. The van der Waals surface area contributed by atoms with Crippen molar-refractivity contribution >= 4 is 13.7 Å². The van der Waals surface area contributed by atoms with E-state index in [0.717, 1.165) is 103 Å². The number of hydrogen-bond donors (Lipinski definition) is 3. The molecule has 0 saturated carbocycles. The molecule has 0 aromatic rings. The highest BCUT2D eigenvalue weighted by molar-refractivity contribution is 7.47. The number of hydrogen-bond acceptors (Lipinski definition) is 5. The molecular weight excluding hydrogens is 695 g/mol. The third-order valence-corrected chi connectivity index (χ3v) is 9.33. The van der Waals surface area contributed by atoms with E-state index < -0.39 is 20.0 Å². The van der Waals surface area contributed by atoms with Gasteiger partial charge in [0.1, 0.15) is 13.2 Å². The van der Waals surface area contributed by atoms with E-state index in [-0.39, 0.29) is 19.1 Å². The Balaban J connectivity index is 4.08. The highest BCUT2D eigenvalue weighted by atomic mass is 31.2. The predicted octanol–water partition coefficient (Wildman–Crippen LogP) is 11.2. The maximum atomic E-state index is 12.7. The standard InChI is InChI=1S/C45H77N2O6P/c1-6-8-10-11-12-13-14-15-16-17-18-19-20-21-22-23-24-25-26-27-28-29-30-31-32-33-34-35-37-39-45(49)46-43(44(48)38-36-9-7-2)42-53-54(50,51)52-41-40-47(3,4)5/h8,10,12-13,15-16,18-19,21-22,24-25,27-28,30-31,43-44,48H,6-7,9,11,14,17,20,23,26,29,32-42H2,1-5H3,(H-,46,49,50,51)/p+1/b10-8-,13-12-,16-15-,19-18-,22-21-,25-24-,28-27-,31-30-. The van der Waals surface area contributed by atoms with Crippen LogP contribution in [0.3, 0.4) is 0 Å². The molecule has 0 aliphatic heterocycles. The minimum absolute atomic E-state index is 0.0614. The molecule has 0 rings (SSSR count). The van der Waals surface area contributed by atoms with Gasteiger partial charge in [-0.3, -0.25) is 13.8 Å². The van der Waals surface area contributed by atoms with Gasteiger partial charge in [-0.15, -0.1) is 0 Å². The van der Waals surface area contributed by atoms with Crippen molar-refractivity contribution in [2.45, 2.75) is 142 Å². The van der Waals surface area contributed by atoms with E-state index in [2.05, 4.69) is 116 Å². The van der Waals surface area contributed by atoms with Crippen LogP contribution in [0, 0.1) is 0 Å². The molecule has 0 radical (unpaired) electrons. The van der Waals surface area contributed by atoms with Crippen LogP contribution < -0.4 is 5.32 Å². The van der Waals surface area contributed by atoms with Gasteiger partial charge in [0.25, 0.3) is 0 Å². The molecule has 0 aliphatic carbocycles. The van der Waals surface area contributed by atoms with Crippen molar-refractivity contribution in [3.8, 4) is 0 Å². The highest BCUT2D eigenvalue weighted by Crippen LogP contribution is 2.43. The third-order valence-electron chi connectivity index (χ3n) is 8.35. The summed E-state index contributed by atoms with van der Waals surface area (Å²) in [5.74, 6) is -0.187. The van der Waals surface area contributed by atoms with Crippen molar-refractivity contribution in [1.29, 1.82) is 0 Å². The molecular formula is C45H78N2O6P+. The number of nitrogens with zero attached hydrogens (tertiary/aromatic N) is 1. The molecule has 3 N–H and O–H groups in total. The van der Waals surface area contributed by atoms with Gasteiger partial charge in [0.15, 0.2) is 0 Å². The molecule has 0 aliphatic rings. The molecule has 0 aromatic carbocycles. The summed E-state index contributed by atoms with van der Waals surface area (Å²) in [7, 11) is 1.57. The summed E-state index contributed by atoms with van der Waals surface area (Å²) in [5.41, 5.74) is 0. The summed E-state index contributed by atoms with van der Waals surface area (Å²) >= 11 is 0. The van der Waals surface area contributed by atoms with Gasteiger partial charge < -0.3 is 19.8 Å². The second kappa shape index (κ2) is 36.1. The molecule has 0 bridgehead atoms. The maximum Gasteiger partial charge on any atom is 0.472 e. The topological polar surface area (TPSA) is 105 Å². The third kappa shape index (κ3) is 37.7. The van der Waals surface area contributed by atoms with E-state index in [0.29, 0.717) is 23.9 Å². The summed E-state index contributed by atoms with van der Waals surface area (Å²) in [6.45, 7) is 4.54. The van der Waals surface area contributed by atoms with Gasteiger partial charge in [0.05, 0.1) is 39.9 Å². The Bertz CT molecular complexity index is 1190. The van der Waals surface area contributed by atoms with E-state index in [1.54, 1.807) is 0 Å². The highest BCUT2D eigenvalue weighted by Gasteiger charge is 2.28. The summed E-state index contributed by atoms with van der Waals surface area (Å²) in [4.78, 5) is 22.8. The van der Waals surface area contributed by atoms with Crippen LogP contribution in [0.25, 0.3) is 0 Å². The van der Waals surface area contributed by atoms with E-state index in [1.165, 1.54) is 0 Å². The Morgan fingerprint density at radius 3 is 1.57 bits per heavy atom. The largest absolute Gasteiger partial charge is 0.472 e. The Kier molecular flexibility index (Phi) is 34.4. The monoisotopic (exact) mass is 774 g/mol. The van der Waals surface area contributed by atoms with Crippen LogP contribution in [0.5, 0.6) is 0 Å². The number of phosphoric ester groups is 1. The first-order valence-electron chi connectivity index (χ1n) is 20.6. The lowest BCUT2D eigenvalue weighted by atomic mass is 10.0. The normalized spacial score (nSPS) is 15.5. The van der Waals surface area contributed by atoms with Gasteiger partial charge in [-0.25, -0.2) is 4.57 Å². The van der Waals surface area contributed by atoms with Gasteiger partial charge in [0, 0.05) is 6.42 Å². The van der Waals surface area contributed by atoms with Gasteiger partial charge in [0.2, 0.25) is 5.91 Å². The van der Waals surface area contributed by atoms with Crippen molar-refractivity contribution in [3.63, 3.8) is 0 Å². The van der Waals surface area contributed by atoms with E-state index >= 15 is 0 Å². The van der Waals surface area contributed by atoms with Crippen LogP contribution in [0.15, 0.2) is 97.2 Å². The van der Waals surface area contributed by atoms with Gasteiger partial charge >= 0.3 is 7.82 Å². The smallest absolute Gasteiger partial charge is 0.391 e. The first-order valence-corrected chi connectivity index (χ1v) is 22.1. The number of aliphatic hydroxyl groups excluding tert-OH is 1. The van der Waals surface area contributed by atoms with Crippen LogP contribution in [0.1, 0.15) is 129 Å². The van der Waals surface area contributed by atoms with Gasteiger partial charge in [-0.1, -0.05) is 143 Å². The van der Waals surface area contributed by atoms with E-state index in [4.69, 9.17) is 9.05 Å². The van der Waals surface area contributed by atoms with Crippen LogP contribution >= 0.6 is 7.82 Å². The van der Waals surface area contributed by atoms with Crippen molar-refractivity contribution in [1.82, 2.24) is 5.32 Å². The molecule has 0 saturated heterocycles. The minimum Gasteiger partial charge on any atom is -0.391 e. The van der Waals surface area contributed by atoms with E-state index in [9.17, 15) is 19.4 Å². The van der Waals surface area contributed by atoms with Gasteiger partial charge in [-0.05, 0) is 77.0 Å². The number of likely N-dealkylation sites (N-methyl/N-ethyl adjacent to an activating group) is 1. The fourth-order valence-corrected chi connectivity index (χ4v) is 5.79. The number of allylic oxidation sites excluding steroid dienone is 16. The average molecular weight is 774 g/mol. The molecule has 0 heterocycles. The molecule has 0 aromatic heterocycles. The molecule has 3 atom stereocenters. The van der Waals surface area contributed by atoms with Crippen LogP contribution in [-0.4, -0.2) is 73.4 Å². The number of carbonyl (C=O) groups is 1. The van der Waals surface area contributed by atoms with Crippen LogP contribution in [-0.2, 0) is 18.4 Å². The fraction of sp³-hybridized carbons (Fsp3) is 0.622. The zero-order valence-corrected chi connectivity index (χ0v) is 35.6. The number of amides is 1. The Morgan fingerprint density at radius 1 is 0.648 bits per heavy atom. The molecule has 0 fully saturated rings. The molecule has 0 spiro atoms. The number of carbonyl (C=O) groups excluding carboxylic acids is 1. The van der Waals surface area contributed by atoms with Crippen molar-refractivity contribution < 1.29 is 32.9 Å². The Labute approximate surface area is 330 Å². The predicted molar refractivity (Wildman–Crippen MR) is 230 cm³/mol. The SMILES string of the molecule is CC/C=C\C/C=C\C/C=C\C/C=C\C/C=C\C/C=C\C/C=C\C/C=C\CCCCCCC(=O)NC(COP(=O)(O)OCC[N+](C)(C)C)C(O)CCCCC. The summed E-state index contributed by atoms with van der Waals surface area (Å²) in [6.07, 6.45) is 50.9. The Hall–Kier alpha value is -2.58. The van der Waals surface area contributed by atoms with Crippen molar-refractivity contribution in [2.75, 3.05) is 40.9 Å². The number of phosphoric acid groups is 1. The number of quaternary nitrogens is 1. The number of unbranched alkanes of at least 4 members (excludes halogenated alkanes) is 6. The van der Waals surface area contributed by atoms with Crippen LogP contribution in [0.4, 0.5) is 0 Å². The lowest BCUT2D eigenvalue weighted by Crippen LogP contribution is -2.46. The number of nitrogens with one attached hydrogen (secondary N) is 1. The molecule has 8 nitrogen and oxygen atoms in total. The number of aliphatic hydroxyl groups is 1. The fourth-order valence-electron chi connectivity index (χ4n) is 5.06. The first kappa shape index (κ1) is 51.4. The molecule has 54 heavy (non-hydrogen) atoms. The average Bonchev–Trinajstić information content (AvgIpc) is 3.12. The zero-order chi connectivity index (χ0) is 40.0. The summed E-state index contributed by atoms with van der Waals surface area (Å²) in [5, 5.41) is 13.5. The lowest BCUT2D eigenvalue weighted by molar-refractivity contribution is -0.870. The number of rotatable bonds is 35. The van der Waals surface area contributed by atoms with Gasteiger partial charge in [-0.2, -0.15) is 0 Å². The summed E-state index contributed by atoms with van der Waals surface area (Å²) < 4.78 is 23.2. The first-order chi connectivity index (χ1) is 26.0. The lowest BCUT2D eigenvalue weighted by Gasteiger charge is -2.26. The zero-order valence-electron chi connectivity index (χ0n) is 34.7. The molecule has 3 unspecified atom stereocenters.